The molecule has 106 valence electrons. The minimum atomic E-state index is -0.181. The fraction of sp³-hybridized carbons (Fsp3) is 0.0667. The average Bonchev–Trinajstić information content (AvgIpc) is 3.13. The van der Waals surface area contributed by atoms with E-state index < -0.39 is 0 Å². The third kappa shape index (κ3) is 3.53. The van der Waals surface area contributed by atoms with E-state index in [4.69, 9.17) is 4.42 Å². The van der Waals surface area contributed by atoms with Crippen molar-refractivity contribution in [3.05, 3.63) is 59.5 Å². The van der Waals surface area contributed by atoms with Crippen molar-refractivity contribution in [1.82, 2.24) is 4.98 Å². The van der Waals surface area contributed by atoms with Crippen LogP contribution in [-0.2, 0) is 0 Å². The number of nitrogens with zero attached hydrogens (tertiary/aromatic N) is 1. The van der Waals surface area contributed by atoms with Gasteiger partial charge < -0.3 is 9.73 Å². The lowest BCUT2D eigenvalue weighted by Crippen LogP contribution is -2.10. The Morgan fingerprint density at radius 3 is 2.71 bits per heavy atom. The number of aromatic nitrogens is 1. The lowest BCUT2D eigenvalue weighted by Gasteiger charge is -2.04. The number of rotatable bonds is 4. The predicted octanol–water partition coefficient (Wildman–Crippen LogP) is 4.45. The monoisotopic (exact) mass is 316 g/mol. The quantitative estimate of drug-likeness (QED) is 0.772. The Bertz CT molecular complexity index is 733. The molecule has 21 heavy (non-hydrogen) atoms. The molecule has 0 aliphatic rings. The van der Waals surface area contributed by atoms with E-state index in [1.165, 1.54) is 12.5 Å². The number of hydrogen-bond donors (Lipinski definition) is 1. The number of thiazole rings is 1. The molecule has 0 aliphatic heterocycles. The van der Waals surface area contributed by atoms with Gasteiger partial charge in [-0.1, -0.05) is 11.8 Å². The fourth-order valence-electron chi connectivity index (χ4n) is 1.68. The number of carbonyl (C=O) groups is 1. The maximum Gasteiger partial charge on any atom is 0.258 e. The molecule has 3 rings (SSSR count). The molecular weight excluding hydrogens is 304 g/mol. The molecule has 0 aliphatic carbocycles. The normalized spacial score (nSPS) is 10.5. The van der Waals surface area contributed by atoms with Crippen LogP contribution < -0.4 is 5.32 Å². The number of nitrogens with one attached hydrogen (secondary N) is 1. The molecule has 6 heteroatoms. The van der Waals surface area contributed by atoms with E-state index in [1.54, 1.807) is 29.2 Å². The van der Waals surface area contributed by atoms with Crippen LogP contribution in [-0.4, -0.2) is 10.9 Å². The second-order valence-corrected chi connectivity index (χ2v) is 6.53. The van der Waals surface area contributed by atoms with Gasteiger partial charge in [0.2, 0.25) is 0 Å². The number of amides is 1. The van der Waals surface area contributed by atoms with E-state index in [1.807, 2.05) is 36.6 Å². The smallest absolute Gasteiger partial charge is 0.258 e. The van der Waals surface area contributed by atoms with Crippen molar-refractivity contribution in [3.8, 4) is 0 Å². The highest BCUT2D eigenvalue weighted by molar-refractivity contribution is 8.01. The lowest BCUT2D eigenvalue weighted by molar-refractivity contribution is 0.102. The second-order valence-electron chi connectivity index (χ2n) is 4.35. The zero-order valence-corrected chi connectivity index (χ0v) is 12.8. The predicted molar refractivity (Wildman–Crippen MR) is 84.1 cm³/mol. The van der Waals surface area contributed by atoms with Crippen molar-refractivity contribution in [1.29, 1.82) is 0 Å². The van der Waals surface area contributed by atoms with Gasteiger partial charge in [0.1, 0.15) is 6.26 Å². The highest BCUT2D eigenvalue weighted by atomic mass is 32.2. The number of carbonyl (C=O) groups excluding carboxylic acids is 1. The average molecular weight is 316 g/mol. The van der Waals surface area contributed by atoms with Crippen LogP contribution in [0.15, 0.2) is 61.9 Å². The number of aryl methyl sites for hydroxylation is 1. The highest BCUT2D eigenvalue weighted by Gasteiger charge is 2.07. The van der Waals surface area contributed by atoms with Gasteiger partial charge in [0.25, 0.3) is 5.91 Å². The first-order valence-electron chi connectivity index (χ1n) is 6.24. The van der Waals surface area contributed by atoms with Crippen LogP contribution in [0.2, 0.25) is 0 Å². The molecule has 4 nitrogen and oxygen atoms in total. The summed E-state index contributed by atoms with van der Waals surface area (Å²) in [4.78, 5) is 17.4. The van der Waals surface area contributed by atoms with Gasteiger partial charge in [-0.05, 0) is 37.3 Å². The molecule has 1 aromatic carbocycles. The Morgan fingerprint density at radius 2 is 2.10 bits per heavy atom. The van der Waals surface area contributed by atoms with Crippen LogP contribution in [0.5, 0.6) is 0 Å². The van der Waals surface area contributed by atoms with E-state index in [-0.39, 0.29) is 5.91 Å². The molecular formula is C15H12N2O2S2. The summed E-state index contributed by atoms with van der Waals surface area (Å²) < 4.78 is 5.91. The van der Waals surface area contributed by atoms with Crippen molar-refractivity contribution < 1.29 is 9.21 Å². The van der Waals surface area contributed by atoms with Crippen molar-refractivity contribution in [2.45, 2.75) is 16.2 Å². The summed E-state index contributed by atoms with van der Waals surface area (Å²) in [6.07, 6.45) is 2.90. The number of benzene rings is 1. The molecule has 0 atom stereocenters. The van der Waals surface area contributed by atoms with E-state index in [0.717, 1.165) is 20.6 Å². The minimum absolute atomic E-state index is 0.181. The van der Waals surface area contributed by atoms with Crippen molar-refractivity contribution in [3.63, 3.8) is 0 Å². The maximum absolute atomic E-state index is 11.9. The third-order valence-corrected chi connectivity index (χ3v) is 4.76. The first-order valence-corrected chi connectivity index (χ1v) is 7.94. The van der Waals surface area contributed by atoms with Crippen LogP contribution in [0.25, 0.3) is 0 Å². The lowest BCUT2D eigenvalue weighted by atomic mass is 10.3. The molecule has 0 saturated heterocycles. The number of furan rings is 1. The summed E-state index contributed by atoms with van der Waals surface area (Å²) in [5, 5.41) is 4.85. The van der Waals surface area contributed by atoms with Gasteiger partial charge >= 0.3 is 0 Å². The largest absolute Gasteiger partial charge is 0.472 e. The Kier molecular flexibility index (Phi) is 4.08. The first-order chi connectivity index (χ1) is 10.2. The third-order valence-electron chi connectivity index (χ3n) is 2.70. The molecule has 2 heterocycles. The van der Waals surface area contributed by atoms with Crippen molar-refractivity contribution in [2.75, 3.05) is 5.32 Å². The number of hydrogen-bond acceptors (Lipinski definition) is 5. The van der Waals surface area contributed by atoms with Crippen LogP contribution in [0, 0.1) is 6.92 Å². The van der Waals surface area contributed by atoms with Gasteiger partial charge in [0, 0.05) is 21.7 Å². The zero-order chi connectivity index (χ0) is 14.7. The summed E-state index contributed by atoms with van der Waals surface area (Å²) in [7, 11) is 0. The van der Waals surface area contributed by atoms with Crippen LogP contribution in [0.4, 0.5) is 5.69 Å². The minimum Gasteiger partial charge on any atom is -0.472 e. The van der Waals surface area contributed by atoms with E-state index in [2.05, 4.69) is 10.3 Å². The van der Waals surface area contributed by atoms with Crippen molar-refractivity contribution in [2.24, 2.45) is 0 Å². The summed E-state index contributed by atoms with van der Waals surface area (Å²) in [6, 6.07) is 9.31. The molecule has 0 bridgehead atoms. The van der Waals surface area contributed by atoms with Crippen LogP contribution >= 0.6 is 23.1 Å². The maximum atomic E-state index is 11.9. The molecule has 0 fully saturated rings. The van der Waals surface area contributed by atoms with Gasteiger partial charge in [-0.3, -0.25) is 4.79 Å². The molecule has 0 radical (unpaired) electrons. The van der Waals surface area contributed by atoms with Gasteiger partial charge in [-0.2, -0.15) is 0 Å². The van der Waals surface area contributed by atoms with E-state index in [0.29, 0.717) is 5.56 Å². The van der Waals surface area contributed by atoms with Crippen LogP contribution in [0.1, 0.15) is 16.1 Å². The Balaban J connectivity index is 1.65. The molecule has 0 saturated carbocycles. The molecule has 2 aromatic heterocycles. The first kappa shape index (κ1) is 13.9. The fourth-order valence-corrected chi connectivity index (χ4v) is 3.49. The van der Waals surface area contributed by atoms with Gasteiger partial charge in [0.15, 0.2) is 4.34 Å². The van der Waals surface area contributed by atoms with E-state index >= 15 is 0 Å². The van der Waals surface area contributed by atoms with Crippen molar-refractivity contribution >= 4 is 34.7 Å². The summed E-state index contributed by atoms with van der Waals surface area (Å²) >= 11 is 3.24. The SMILES string of the molecule is Cc1csc(Sc2ccc(NC(=O)c3ccoc3)cc2)n1. The summed E-state index contributed by atoms with van der Waals surface area (Å²) in [5.41, 5.74) is 2.29. The molecule has 0 spiro atoms. The molecule has 1 N–H and O–H groups in total. The Labute approximate surface area is 130 Å². The summed E-state index contributed by atoms with van der Waals surface area (Å²) in [5.74, 6) is -0.181. The van der Waals surface area contributed by atoms with Crippen LogP contribution in [0.3, 0.4) is 0 Å². The van der Waals surface area contributed by atoms with Gasteiger partial charge in [-0.15, -0.1) is 11.3 Å². The molecule has 0 unspecified atom stereocenters. The second kappa shape index (κ2) is 6.15. The number of anilines is 1. The zero-order valence-electron chi connectivity index (χ0n) is 11.2. The molecule has 1 amide bonds. The Hall–Kier alpha value is -2.05. The summed E-state index contributed by atoms with van der Waals surface area (Å²) in [6.45, 7) is 1.98. The Morgan fingerprint density at radius 1 is 1.29 bits per heavy atom. The van der Waals surface area contributed by atoms with Gasteiger partial charge in [-0.25, -0.2) is 4.98 Å². The standard InChI is InChI=1S/C15H12N2O2S2/c1-10-9-20-15(16-10)21-13-4-2-12(3-5-13)17-14(18)11-6-7-19-8-11/h2-9H,1H3,(H,17,18). The van der Waals surface area contributed by atoms with Gasteiger partial charge in [0.05, 0.1) is 11.8 Å². The van der Waals surface area contributed by atoms with E-state index in [9.17, 15) is 4.79 Å². The molecule has 3 aromatic rings. The topological polar surface area (TPSA) is 55.1 Å². The highest BCUT2D eigenvalue weighted by Crippen LogP contribution is 2.30.